The number of hydrogen-bond donors (Lipinski definition) is 4. The Labute approximate surface area is 337 Å². The maximum Gasteiger partial charge on any atom is 0.302 e. The van der Waals surface area contributed by atoms with Crippen LogP contribution in [-0.4, -0.2) is 82.5 Å². The maximum atomic E-state index is 14.7. The Kier molecular flexibility index (Phi) is 13.9. The number of esters is 1. The first-order chi connectivity index (χ1) is 26.9. The van der Waals surface area contributed by atoms with Gasteiger partial charge in [-0.15, -0.1) is 0 Å². The second kappa shape index (κ2) is 18.1. The summed E-state index contributed by atoms with van der Waals surface area (Å²) in [5.74, 6) is -2.28. The van der Waals surface area contributed by atoms with E-state index in [9.17, 15) is 29.7 Å². The number of phenolic OH excluding ortho intramolecular Hbond substituents is 2. The standard InChI is InChI=1S/C45H64N4O8/c1-11-56-43-29(7)40(53)35-34-33(43)32(51)20-15-17-25(3)42(57-30(8)50)28(6)39(52)27(5)22-24(2)16-14-18-26(4)44(55)46-38(41(35)54)37-36(34)47-45(48-37)21-13-12-19-31(23-45)49(9)10/h14,16,18,24-25,27-28,31,39,42,52-54H,11-13,15,17,19-23H2,1-10H3,(H,46,55)/b16-14+,26-18-/t24-,25+,27+,28+,31-,39+,42+,45-/m0/s1. The van der Waals surface area contributed by atoms with Crippen LogP contribution in [0, 0.1) is 30.6 Å². The summed E-state index contributed by atoms with van der Waals surface area (Å²) < 4.78 is 12.0. The summed E-state index contributed by atoms with van der Waals surface area (Å²) in [7, 11) is 4.08. The molecular weight excluding hydrogens is 725 g/mol. The van der Waals surface area contributed by atoms with Gasteiger partial charge in [-0.3, -0.25) is 24.4 Å². The summed E-state index contributed by atoms with van der Waals surface area (Å²) in [5.41, 5.74) is -0.0587. The second-order valence-electron chi connectivity index (χ2n) is 17.2. The molecule has 1 amide bonds. The number of ether oxygens (including phenoxy) is 2. The van der Waals surface area contributed by atoms with Crippen molar-refractivity contribution in [2.24, 2.45) is 33.7 Å². The molecule has 0 aromatic heterocycles. The number of Topliss-reactive ketones (excluding diaryl/α,β-unsaturated/α-hetero) is 1. The van der Waals surface area contributed by atoms with Crippen molar-refractivity contribution in [2.75, 3.05) is 26.0 Å². The number of ketones is 1. The molecule has 0 radical (unpaired) electrons. The Morgan fingerprint density at radius 2 is 1.68 bits per heavy atom. The van der Waals surface area contributed by atoms with Gasteiger partial charge >= 0.3 is 5.97 Å². The van der Waals surface area contributed by atoms with Gasteiger partial charge in [0.2, 0.25) is 0 Å². The molecule has 5 rings (SSSR count). The lowest BCUT2D eigenvalue weighted by molar-refractivity contribution is -0.156. The molecule has 3 aliphatic rings. The highest BCUT2D eigenvalue weighted by Gasteiger charge is 2.40. The minimum absolute atomic E-state index is 0.000137. The Bertz CT molecular complexity index is 2060. The van der Waals surface area contributed by atoms with Gasteiger partial charge in [0.15, 0.2) is 17.2 Å². The first-order valence-corrected chi connectivity index (χ1v) is 20.8. The molecule has 2 bridgehead atoms. The number of nitrogens with zero attached hydrogens (tertiary/aromatic N) is 3. The van der Waals surface area contributed by atoms with Crippen molar-refractivity contribution < 1.29 is 39.2 Å². The normalized spacial score (nSPS) is 30.7. The number of aliphatic hydroxyl groups excluding tert-OH is 1. The molecular formula is C45H64N4O8. The van der Waals surface area contributed by atoms with Gasteiger partial charge in [0, 0.05) is 48.2 Å². The van der Waals surface area contributed by atoms with Crippen molar-refractivity contribution in [3.63, 3.8) is 0 Å². The second-order valence-corrected chi connectivity index (χ2v) is 17.2. The fourth-order valence-corrected chi connectivity index (χ4v) is 9.16. The summed E-state index contributed by atoms with van der Waals surface area (Å²) in [6, 6.07) is 0.169. The topological polar surface area (TPSA) is 170 Å². The number of amides is 1. The first-order valence-electron chi connectivity index (χ1n) is 20.8. The molecule has 1 spiro atoms. The third-order valence-corrected chi connectivity index (χ3v) is 12.4. The molecule has 312 valence electrons. The number of aromatic hydroxyl groups is 2. The highest BCUT2D eigenvalue weighted by atomic mass is 16.5. The number of carbonyl (C=O) groups is 3. The monoisotopic (exact) mass is 788 g/mol. The fraction of sp³-hybridized carbons (Fsp3) is 0.622. The summed E-state index contributed by atoms with van der Waals surface area (Å²) in [5, 5.41) is 39.3. The van der Waals surface area contributed by atoms with Gasteiger partial charge in [-0.05, 0) is 91.1 Å². The maximum absolute atomic E-state index is 14.7. The van der Waals surface area contributed by atoms with Crippen LogP contribution in [0.5, 0.6) is 17.2 Å². The van der Waals surface area contributed by atoms with Crippen molar-refractivity contribution in [2.45, 2.75) is 137 Å². The Morgan fingerprint density at radius 1 is 0.982 bits per heavy atom. The van der Waals surface area contributed by atoms with E-state index >= 15 is 0 Å². The molecule has 0 saturated heterocycles. The zero-order chi connectivity index (χ0) is 41.9. The smallest absolute Gasteiger partial charge is 0.302 e. The Hall–Kier alpha value is -4.29. The zero-order valence-corrected chi connectivity index (χ0v) is 35.6. The van der Waals surface area contributed by atoms with Gasteiger partial charge in [-0.2, -0.15) is 0 Å². The number of phenols is 2. The molecule has 12 heteroatoms. The molecule has 2 aliphatic heterocycles. The summed E-state index contributed by atoms with van der Waals surface area (Å²) >= 11 is 0. The van der Waals surface area contributed by atoms with E-state index in [0.29, 0.717) is 43.0 Å². The van der Waals surface area contributed by atoms with Crippen molar-refractivity contribution in [1.82, 2.24) is 4.90 Å². The van der Waals surface area contributed by atoms with E-state index in [1.807, 2.05) is 53.9 Å². The molecule has 8 atom stereocenters. The van der Waals surface area contributed by atoms with Gasteiger partial charge in [-0.1, -0.05) is 52.3 Å². The quantitative estimate of drug-likeness (QED) is 0.192. The minimum Gasteiger partial charge on any atom is -0.507 e. The number of benzene rings is 2. The number of nitrogens with one attached hydrogen (secondary N) is 1. The van der Waals surface area contributed by atoms with Crippen molar-refractivity contribution in [3.8, 4) is 17.2 Å². The minimum atomic E-state index is -0.920. The van der Waals surface area contributed by atoms with Gasteiger partial charge in [0.05, 0.1) is 29.0 Å². The fourth-order valence-electron chi connectivity index (χ4n) is 9.16. The predicted molar refractivity (Wildman–Crippen MR) is 221 cm³/mol. The number of allylic oxidation sites excluding steroid dienone is 3. The average Bonchev–Trinajstić information content (AvgIpc) is 3.39. The van der Waals surface area contributed by atoms with E-state index < -0.39 is 35.5 Å². The third-order valence-electron chi connectivity index (χ3n) is 12.4. The molecule has 0 unspecified atom stereocenters. The molecule has 1 aliphatic carbocycles. The Balaban J connectivity index is 1.78. The van der Waals surface area contributed by atoms with Crippen LogP contribution < -0.4 is 20.8 Å². The largest absolute Gasteiger partial charge is 0.507 e. The van der Waals surface area contributed by atoms with Crippen LogP contribution in [0.25, 0.3) is 10.8 Å². The number of aliphatic hydroxyl groups is 1. The molecule has 57 heavy (non-hydrogen) atoms. The third kappa shape index (κ3) is 9.22. The van der Waals surface area contributed by atoms with E-state index in [1.165, 1.54) is 6.92 Å². The number of rotatable bonds is 4. The molecule has 1 fully saturated rings. The molecule has 4 N–H and O–H groups in total. The van der Waals surface area contributed by atoms with Crippen molar-refractivity contribution in [1.29, 1.82) is 0 Å². The van der Waals surface area contributed by atoms with Crippen LogP contribution in [0.2, 0.25) is 0 Å². The van der Waals surface area contributed by atoms with Gasteiger partial charge < -0.3 is 35.0 Å². The number of carbonyl (C=O) groups excluding carboxylic acids is 3. The predicted octanol–water partition coefficient (Wildman–Crippen LogP) is 6.84. The molecule has 2 aromatic rings. The van der Waals surface area contributed by atoms with Crippen LogP contribution in [-0.2, 0) is 14.3 Å². The summed E-state index contributed by atoms with van der Waals surface area (Å²) in [6.45, 7) is 14.6. The SMILES string of the molecule is CCOc1c(C)c(O)c2c(O)c3c4c(c2c1C(=O)CCC[C@@H](C)[C@@H](OC(C)=O)[C@H](C)[C@H](O)[C@H](C)C[C@@H](C)/C=C/C=C(/C)C(=O)N3)=N[C@@]1(CCCC[C@H](N(C)C)C1)N=4. The van der Waals surface area contributed by atoms with Crippen LogP contribution in [0.3, 0.4) is 0 Å². The van der Waals surface area contributed by atoms with Gasteiger partial charge in [-0.25, -0.2) is 0 Å². The molecule has 2 aromatic carbocycles. The summed E-state index contributed by atoms with van der Waals surface area (Å²) in [4.78, 5) is 53.7. The summed E-state index contributed by atoms with van der Waals surface area (Å²) in [6.07, 6.45) is 9.88. The Morgan fingerprint density at radius 3 is 2.35 bits per heavy atom. The van der Waals surface area contributed by atoms with Crippen LogP contribution in [0.15, 0.2) is 33.8 Å². The lowest BCUT2D eigenvalue weighted by atomic mass is 9.79. The highest BCUT2D eigenvalue weighted by molar-refractivity contribution is 6.16. The van der Waals surface area contributed by atoms with Gasteiger partial charge in [0.1, 0.15) is 28.6 Å². The van der Waals surface area contributed by atoms with E-state index in [-0.39, 0.29) is 93.0 Å². The first kappa shape index (κ1) is 43.8. The molecule has 12 nitrogen and oxygen atoms in total. The van der Waals surface area contributed by atoms with Crippen LogP contribution in [0.4, 0.5) is 5.69 Å². The number of hydrogen-bond acceptors (Lipinski definition) is 11. The number of anilines is 1. The molecule has 1 saturated carbocycles. The van der Waals surface area contributed by atoms with E-state index in [4.69, 9.17) is 19.5 Å². The lowest BCUT2D eigenvalue weighted by Crippen LogP contribution is -2.40. The van der Waals surface area contributed by atoms with Crippen molar-refractivity contribution >= 4 is 34.1 Å². The zero-order valence-electron chi connectivity index (χ0n) is 35.6. The van der Waals surface area contributed by atoms with Crippen LogP contribution >= 0.6 is 0 Å². The van der Waals surface area contributed by atoms with Crippen LogP contribution in [0.1, 0.15) is 122 Å². The highest BCUT2D eigenvalue weighted by Crippen LogP contribution is 2.46. The van der Waals surface area contributed by atoms with E-state index in [1.54, 1.807) is 26.8 Å². The van der Waals surface area contributed by atoms with E-state index in [0.717, 1.165) is 19.3 Å². The van der Waals surface area contributed by atoms with Gasteiger partial charge in [0.25, 0.3) is 5.91 Å². The van der Waals surface area contributed by atoms with Crippen molar-refractivity contribution in [3.05, 3.63) is 45.6 Å². The van der Waals surface area contributed by atoms with E-state index in [2.05, 4.69) is 10.2 Å². The molecule has 2 heterocycles. The lowest BCUT2D eigenvalue weighted by Gasteiger charge is -2.35. The average molecular weight is 789 g/mol.